The van der Waals surface area contributed by atoms with Crippen LogP contribution in [0.2, 0.25) is 10.0 Å². The topological polar surface area (TPSA) is 32.9 Å². The van der Waals surface area contributed by atoms with Crippen LogP contribution in [0.3, 0.4) is 0 Å². The zero-order chi connectivity index (χ0) is 12.6. The van der Waals surface area contributed by atoms with Gasteiger partial charge in [0.1, 0.15) is 0 Å². The largest absolute Gasteiger partial charge is 0.357 e. The van der Waals surface area contributed by atoms with Gasteiger partial charge < -0.3 is 4.98 Å². The van der Waals surface area contributed by atoms with E-state index in [4.69, 9.17) is 23.2 Å². The van der Waals surface area contributed by atoms with Gasteiger partial charge in [-0.05, 0) is 25.0 Å². The van der Waals surface area contributed by atoms with Gasteiger partial charge in [0.15, 0.2) is 5.43 Å². The molecule has 17 heavy (non-hydrogen) atoms. The Kier molecular flexibility index (Phi) is 3.45. The molecule has 0 bridgehead atoms. The molecule has 4 heteroatoms. The average molecular weight is 270 g/mol. The van der Waals surface area contributed by atoms with Crippen molar-refractivity contribution in [1.82, 2.24) is 4.98 Å². The highest BCUT2D eigenvalue weighted by Gasteiger charge is 2.11. The lowest BCUT2D eigenvalue weighted by atomic mass is 10.1. The highest BCUT2D eigenvalue weighted by molar-refractivity contribution is 6.40. The standard InChI is InChI=1S/C13H13Cl2NO/c1-3-4-8-6-10(17)11-12(15)7(2)5-9(14)13(11)16-8/h5-6H,3-4H2,1-2H3,(H,16,17). The fraction of sp³-hybridized carbons (Fsp3) is 0.308. The van der Waals surface area contributed by atoms with Crippen molar-refractivity contribution in [2.24, 2.45) is 0 Å². The first-order valence-electron chi connectivity index (χ1n) is 5.55. The minimum atomic E-state index is -0.0715. The third-order valence-corrected chi connectivity index (χ3v) is 3.54. The summed E-state index contributed by atoms with van der Waals surface area (Å²) in [4.78, 5) is 15.2. The molecule has 0 aliphatic heterocycles. The number of aromatic amines is 1. The Hall–Kier alpha value is -0.990. The van der Waals surface area contributed by atoms with Crippen LogP contribution < -0.4 is 5.43 Å². The molecular weight excluding hydrogens is 257 g/mol. The molecule has 2 rings (SSSR count). The van der Waals surface area contributed by atoms with Gasteiger partial charge in [-0.25, -0.2) is 0 Å². The summed E-state index contributed by atoms with van der Waals surface area (Å²) in [5.74, 6) is 0. The van der Waals surface area contributed by atoms with E-state index in [0.717, 1.165) is 24.1 Å². The Labute approximate surface area is 110 Å². The summed E-state index contributed by atoms with van der Waals surface area (Å²) in [5.41, 5.74) is 2.28. The summed E-state index contributed by atoms with van der Waals surface area (Å²) in [6, 6.07) is 3.38. The summed E-state index contributed by atoms with van der Waals surface area (Å²) in [7, 11) is 0. The number of nitrogens with one attached hydrogen (secondary N) is 1. The van der Waals surface area contributed by atoms with Gasteiger partial charge in [-0.2, -0.15) is 0 Å². The number of hydrogen-bond donors (Lipinski definition) is 1. The van der Waals surface area contributed by atoms with Crippen LogP contribution in [0.25, 0.3) is 10.9 Å². The van der Waals surface area contributed by atoms with Crippen molar-refractivity contribution in [2.75, 3.05) is 0 Å². The molecule has 1 aromatic carbocycles. The van der Waals surface area contributed by atoms with Crippen LogP contribution in [0.5, 0.6) is 0 Å². The third kappa shape index (κ3) is 2.20. The number of aromatic nitrogens is 1. The van der Waals surface area contributed by atoms with Crippen LogP contribution in [0.1, 0.15) is 24.6 Å². The zero-order valence-electron chi connectivity index (χ0n) is 9.73. The van der Waals surface area contributed by atoms with E-state index >= 15 is 0 Å². The van der Waals surface area contributed by atoms with Crippen molar-refractivity contribution in [3.63, 3.8) is 0 Å². The molecule has 0 amide bonds. The maximum atomic E-state index is 12.0. The number of halogens is 2. The lowest BCUT2D eigenvalue weighted by Gasteiger charge is -2.08. The molecule has 1 aromatic heterocycles. The molecule has 0 radical (unpaired) electrons. The van der Waals surface area contributed by atoms with E-state index in [0.29, 0.717) is 20.9 Å². The minimum absolute atomic E-state index is 0.0715. The number of benzene rings is 1. The molecule has 90 valence electrons. The summed E-state index contributed by atoms with van der Waals surface area (Å²) < 4.78 is 0. The van der Waals surface area contributed by atoms with Crippen molar-refractivity contribution in [3.05, 3.63) is 43.7 Å². The van der Waals surface area contributed by atoms with Gasteiger partial charge in [0.2, 0.25) is 0 Å². The molecule has 0 fully saturated rings. The van der Waals surface area contributed by atoms with Crippen LogP contribution in [0, 0.1) is 6.92 Å². The number of aryl methyl sites for hydroxylation is 2. The maximum Gasteiger partial charge on any atom is 0.191 e. The van der Waals surface area contributed by atoms with Crippen LogP contribution in [0.15, 0.2) is 16.9 Å². The smallest absolute Gasteiger partial charge is 0.191 e. The zero-order valence-corrected chi connectivity index (χ0v) is 11.2. The number of rotatable bonds is 2. The van der Waals surface area contributed by atoms with E-state index in [9.17, 15) is 4.79 Å². The lowest BCUT2D eigenvalue weighted by Crippen LogP contribution is -2.06. The van der Waals surface area contributed by atoms with Crippen molar-refractivity contribution in [1.29, 1.82) is 0 Å². The summed E-state index contributed by atoms with van der Waals surface area (Å²) in [5, 5.41) is 1.50. The van der Waals surface area contributed by atoms with Gasteiger partial charge in [0.25, 0.3) is 0 Å². The molecule has 0 saturated carbocycles. The van der Waals surface area contributed by atoms with Gasteiger partial charge in [-0.3, -0.25) is 4.79 Å². The first-order valence-corrected chi connectivity index (χ1v) is 6.30. The molecule has 0 saturated heterocycles. The summed E-state index contributed by atoms with van der Waals surface area (Å²) in [6.45, 7) is 3.90. The molecule has 0 unspecified atom stereocenters. The summed E-state index contributed by atoms with van der Waals surface area (Å²) >= 11 is 12.3. The van der Waals surface area contributed by atoms with Gasteiger partial charge >= 0.3 is 0 Å². The highest BCUT2D eigenvalue weighted by Crippen LogP contribution is 2.29. The Morgan fingerprint density at radius 1 is 1.29 bits per heavy atom. The molecule has 2 nitrogen and oxygen atoms in total. The Morgan fingerprint density at radius 3 is 2.65 bits per heavy atom. The molecular formula is C13H13Cl2NO. The Morgan fingerprint density at radius 2 is 2.00 bits per heavy atom. The predicted molar refractivity (Wildman–Crippen MR) is 73.3 cm³/mol. The monoisotopic (exact) mass is 269 g/mol. The second-order valence-corrected chi connectivity index (χ2v) is 4.93. The van der Waals surface area contributed by atoms with Crippen molar-refractivity contribution >= 4 is 34.1 Å². The van der Waals surface area contributed by atoms with Gasteiger partial charge in [-0.15, -0.1) is 0 Å². The Balaban J connectivity index is 2.86. The van der Waals surface area contributed by atoms with Crippen molar-refractivity contribution in [2.45, 2.75) is 26.7 Å². The minimum Gasteiger partial charge on any atom is -0.357 e. The predicted octanol–water partition coefficient (Wildman–Crippen LogP) is 4.10. The van der Waals surface area contributed by atoms with Crippen LogP contribution >= 0.6 is 23.2 Å². The van der Waals surface area contributed by atoms with E-state index in [2.05, 4.69) is 11.9 Å². The third-order valence-electron chi connectivity index (χ3n) is 2.75. The Bertz CT molecular complexity index is 631. The highest BCUT2D eigenvalue weighted by atomic mass is 35.5. The molecule has 0 aliphatic rings. The second-order valence-electron chi connectivity index (χ2n) is 4.15. The molecule has 0 spiro atoms. The number of fused-ring (bicyclic) bond motifs is 1. The second kappa shape index (κ2) is 4.71. The fourth-order valence-electron chi connectivity index (χ4n) is 1.94. The van der Waals surface area contributed by atoms with Gasteiger partial charge in [-0.1, -0.05) is 36.5 Å². The number of H-pyrrole nitrogens is 1. The molecule has 1 N–H and O–H groups in total. The molecule has 1 heterocycles. The molecule has 0 atom stereocenters. The van der Waals surface area contributed by atoms with E-state index in [1.54, 1.807) is 12.1 Å². The van der Waals surface area contributed by atoms with E-state index in [1.807, 2.05) is 6.92 Å². The molecule has 2 aromatic rings. The number of pyridine rings is 1. The first kappa shape index (κ1) is 12.5. The molecule has 0 aliphatic carbocycles. The van der Waals surface area contributed by atoms with Crippen LogP contribution in [-0.4, -0.2) is 4.98 Å². The first-order chi connectivity index (χ1) is 8.04. The maximum absolute atomic E-state index is 12.0. The quantitative estimate of drug-likeness (QED) is 0.875. The van der Waals surface area contributed by atoms with E-state index < -0.39 is 0 Å². The SMILES string of the molecule is CCCc1cc(=O)c2c(Cl)c(C)cc(Cl)c2[nH]1. The van der Waals surface area contributed by atoms with Crippen molar-refractivity contribution < 1.29 is 0 Å². The van der Waals surface area contributed by atoms with E-state index in [1.165, 1.54) is 0 Å². The normalized spacial score (nSPS) is 11.1. The van der Waals surface area contributed by atoms with Gasteiger partial charge in [0.05, 0.1) is 20.9 Å². The summed E-state index contributed by atoms with van der Waals surface area (Å²) in [6.07, 6.45) is 1.80. The van der Waals surface area contributed by atoms with Crippen LogP contribution in [-0.2, 0) is 6.42 Å². The van der Waals surface area contributed by atoms with Crippen molar-refractivity contribution in [3.8, 4) is 0 Å². The lowest BCUT2D eigenvalue weighted by molar-refractivity contribution is 0.888. The fourth-order valence-corrected chi connectivity index (χ4v) is 2.48. The number of hydrogen-bond acceptors (Lipinski definition) is 1. The average Bonchev–Trinajstić information content (AvgIpc) is 2.26. The van der Waals surface area contributed by atoms with E-state index in [-0.39, 0.29) is 5.43 Å². The van der Waals surface area contributed by atoms with Gasteiger partial charge in [0, 0.05) is 11.8 Å². The van der Waals surface area contributed by atoms with Crippen LogP contribution in [0.4, 0.5) is 0 Å².